The zero-order valence-electron chi connectivity index (χ0n) is 25.9. The molecule has 0 fully saturated rings. The maximum atomic E-state index is 2.77. The zero-order valence-corrected chi connectivity index (χ0v) is 27.9. The van der Waals surface area contributed by atoms with E-state index >= 15 is 0 Å². The van der Waals surface area contributed by atoms with E-state index in [-0.39, 0.29) is 6.85 Å². The third-order valence-electron chi connectivity index (χ3n) is 10.2. The van der Waals surface area contributed by atoms with Gasteiger partial charge in [-0.2, -0.15) is 0 Å². The van der Waals surface area contributed by atoms with Crippen LogP contribution in [-0.4, -0.2) is 23.0 Å². The molecule has 6 aromatic carbocycles. The van der Waals surface area contributed by atoms with Gasteiger partial charge in [0.1, 0.15) is 16.1 Å². The Kier molecular flexibility index (Phi) is 6.23. The van der Waals surface area contributed by atoms with Crippen LogP contribution in [0.5, 0.6) is 0 Å². The fourth-order valence-electron chi connectivity index (χ4n) is 8.03. The number of benzene rings is 6. The summed E-state index contributed by atoms with van der Waals surface area (Å²) >= 11 is 0. The lowest BCUT2D eigenvalue weighted by Crippen LogP contribution is -2.78. The number of anilines is 2. The van der Waals surface area contributed by atoms with Crippen molar-refractivity contribution in [2.75, 3.05) is 4.81 Å². The molecule has 0 aromatic heterocycles. The molecule has 1 nitrogen and oxygen atoms in total. The molecule has 0 aliphatic carbocycles. The maximum absolute atomic E-state index is 2.77. The summed E-state index contributed by atoms with van der Waals surface area (Å²) in [6.07, 6.45) is 0. The molecule has 0 amide bonds. The summed E-state index contributed by atoms with van der Waals surface area (Å²) in [6, 6.07) is 54.8. The fourth-order valence-corrected chi connectivity index (χ4v) is 14.2. The molecule has 44 heavy (non-hydrogen) atoms. The summed E-state index contributed by atoms with van der Waals surface area (Å²) in [5.41, 5.74) is 10.8. The minimum Gasteiger partial charge on any atom is -0.376 e. The van der Waals surface area contributed by atoms with Gasteiger partial charge in [-0.15, -0.1) is 0 Å². The summed E-state index contributed by atoms with van der Waals surface area (Å²) < 4.78 is 0. The van der Waals surface area contributed by atoms with Crippen molar-refractivity contribution in [1.82, 2.24) is 0 Å². The van der Waals surface area contributed by atoms with Crippen molar-refractivity contribution in [2.24, 2.45) is 0 Å². The van der Waals surface area contributed by atoms with E-state index in [4.69, 9.17) is 0 Å². The molecule has 0 bridgehead atoms. The van der Waals surface area contributed by atoms with E-state index in [0.29, 0.717) is 0 Å². The summed E-state index contributed by atoms with van der Waals surface area (Å²) in [6.45, 7) is 10.2. The molecule has 0 saturated carbocycles. The van der Waals surface area contributed by atoms with Crippen LogP contribution in [0, 0.1) is 0 Å². The van der Waals surface area contributed by atoms with E-state index in [1.807, 2.05) is 0 Å². The van der Waals surface area contributed by atoms with Gasteiger partial charge in [0.05, 0.1) is 0 Å². The Morgan fingerprint density at radius 1 is 0.386 bits per heavy atom. The first-order valence-corrected chi connectivity index (χ1v) is 21.7. The highest BCUT2D eigenvalue weighted by atomic mass is 28.3. The molecule has 0 spiro atoms. The second-order valence-electron chi connectivity index (χ2n) is 13.3. The lowest BCUT2D eigenvalue weighted by molar-refractivity contribution is 1.38. The van der Waals surface area contributed by atoms with Crippen LogP contribution < -0.4 is 36.5 Å². The molecule has 0 unspecified atom stereocenters. The van der Waals surface area contributed by atoms with E-state index in [1.54, 1.807) is 10.4 Å². The molecule has 0 atom stereocenters. The van der Waals surface area contributed by atoms with Gasteiger partial charge in [0.2, 0.25) is 0 Å². The molecular weight excluding hydrogens is 561 g/mol. The first-order chi connectivity index (χ1) is 21.4. The van der Waals surface area contributed by atoms with Crippen molar-refractivity contribution in [3.05, 3.63) is 146 Å². The first-order valence-electron chi connectivity index (χ1n) is 15.7. The third kappa shape index (κ3) is 3.91. The molecule has 2 heterocycles. The van der Waals surface area contributed by atoms with Crippen LogP contribution in [0.2, 0.25) is 26.2 Å². The molecule has 2 aliphatic rings. The van der Waals surface area contributed by atoms with Crippen LogP contribution >= 0.6 is 0 Å². The Labute approximate surface area is 264 Å². The van der Waals surface area contributed by atoms with Crippen molar-refractivity contribution in [2.45, 2.75) is 26.2 Å². The summed E-state index contributed by atoms with van der Waals surface area (Å²) in [7, 11) is -4.03. The van der Waals surface area contributed by atoms with Crippen molar-refractivity contribution in [3.63, 3.8) is 0 Å². The largest absolute Gasteiger partial charge is 0.376 e. The zero-order chi connectivity index (χ0) is 30.1. The Bertz CT molecular complexity index is 1890. The fraction of sp³-hybridized carbons (Fsp3) is 0.100. The van der Waals surface area contributed by atoms with Gasteiger partial charge in [-0.25, -0.2) is 0 Å². The summed E-state index contributed by atoms with van der Waals surface area (Å²) in [4.78, 5) is 2.77. The second kappa shape index (κ2) is 10.1. The normalized spacial score (nSPS) is 15.5. The molecule has 2 aliphatic heterocycles. The Hall–Kier alpha value is -4.38. The molecule has 6 aromatic rings. The van der Waals surface area contributed by atoms with E-state index in [1.165, 1.54) is 54.9 Å². The Morgan fingerprint density at radius 3 is 1.20 bits per heavy atom. The van der Waals surface area contributed by atoms with Crippen molar-refractivity contribution >= 4 is 66.0 Å². The monoisotopic (exact) mass is 597 g/mol. The standard InChI is InChI=1S/C40H36BNSi2/c1-43(2)35-25-13-11-23-33(35)41(34-24-12-14-26-36(34)43)42-39-31(29-17-7-5-8-18-29)21-15-27-37(39)44(3,4)38-28-16-22-32(40(38)42)30-19-9-6-10-20-30/h5-28H,1-4H3. The van der Waals surface area contributed by atoms with Gasteiger partial charge >= 0.3 is 6.85 Å². The minimum atomic E-state index is -2.11. The average molecular weight is 598 g/mol. The van der Waals surface area contributed by atoms with Crippen LogP contribution in [0.15, 0.2) is 146 Å². The number of hydrogen-bond acceptors (Lipinski definition) is 1. The highest BCUT2D eigenvalue weighted by Crippen LogP contribution is 2.43. The van der Waals surface area contributed by atoms with Gasteiger partial charge in [-0.1, -0.05) is 193 Å². The molecule has 4 heteroatoms. The van der Waals surface area contributed by atoms with E-state index < -0.39 is 16.1 Å². The van der Waals surface area contributed by atoms with E-state index in [0.717, 1.165) is 0 Å². The van der Waals surface area contributed by atoms with Gasteiger partial charge < -0.3 is 4.81 Å². The van der Waals surface area contributed by atoms with Crippen LogP contribution in [0.1, 0.15) is 0 Å². The third-order valence-corrected chi connectivity index (χ3v) is 17.3. The molecular formula is C40H36BNSi2. The van der Waals surface area contributed by atoms with Gasteiger partial charge in [0.25, 0.3) is 0 Å². The number of fused-ring (bicyclic) bond motifs is 4. The van der Waals surface area contributed by atoms with E-state index in [9.17, 15) is 0 Å². The highest BCUT2D eigenvalue weighted by molar-refractivity contribution is 7.12. The smallest absolute Gasteiger partial charge is 0.327 e. The van der Waals surface area contributed by atoms with Gasteiger partial charge in [-0.3, -0.25) is 0 Å². The predicted molar refractivity (Wildman–Crippen MR) is 197 cm³/mol. The van der Waals surface area contributed by atoms with Crippen molar-refractivity contribution < 1.29 is 0 Å². The molecule has 0 saturated heterocycles. The highest BCUT2D eigenvalue weighted by Gasteiger charge is 2.49. The second-order valence-corrected chi connectivity index (χ2v) is 22.0. The molecule has 8 rings (SSSR count). The Balaban J connectivity index is 1.54. The van der Waals surface area contributed by atoms with Gasteiger partial charge in [0, 0.05) is 22.5 Å². The topological polar surface area (TPSA) is 3.24 Å². The van der Waals surface area contributed by atoms with Crippen LogP contribution in [0.3, 0.4) is 0 Å². The van der Waals surface area contributed by atoms with Crippen molar-refractivity contribution in [1.29, 1.82) is 0 Å². The lowest BCUT2D eigenvalue weighted by Gasteiger charge is -2.49. The SMILES string of the molecule is C[Si]1(C)c2ccccc2B(N2c3c(-c4ccccc4)cccc3[Si](C)(C)c3cccc(-c4ccccc4)c32)c2ccccc21. The molecule has 0 N–H and O–H groups in total. The quantitative estimate of drug-likeness (QED) is 0.219. The van der Waals surface area contributed by atoms with Crippen LogP contribution in [0.25, 0.3) is 22.3 Å². The molecule has 0 radical (unpaired) electrons. The number of nitrogens with zero attached hydrogens (tertiary/aromatic N) is 1. The van der Waals surface area contributed by atoms with Gasteiger partial charge in [-0.05, 0) is 21.5 Å². The van der Waals surface area contributed by atoms with Crippen LogP contribution in [-0.2, 0) is 0 Å². The lowest BCUT2D eigenvalue weighted by atomic mass is 9.48. The maximum Gasteiger partial charge on any atom is 0.327 e. The predicted octanol–water partition coefficient (Wildman–Crippen LogP) is 6.24. The van der Waals surface area contributed by atoms with Gasteiger partial charge in [0.15, 0.2) is 0 Å². The average Bonchev–Trinajstić information content (AvgIpc) is 3.07. The number of rotatable bonds is 3. The Morgan fingerprint density at radius 2 is 0.750 bits per heavy atom. The van der Waals surface area contributed by atoms with Crippen molar-refractivity contribution in [3.8, 4) is 22.3 Å². The summed E-state index contributed by atoms with van der Waals surface area (Å²) in [5.74, 6) is 0. The van der Waals surface area contributed by atoms with E-state index in [2.05, 4.69) is 177 Å². The number of para-hydroxylation sites is 2. The number of hydrogen-bond donors (Lipinski definition) is 0. The molecule has 212 valence electrons. The summed E-state index contributed by atoms with van der Waals surface area (Å²) in [5, 5.41) is 6.11. The minimum absolute atomic E-state index is 0.0558. The van der Waals surface area contributed by atoms with Crippen LogP contribution in [0.4, 0.5) is 11.4 Å². The first kappa shape index (κ1) is 27.2.